The van der Waals surface area contributed by atoms with Gasteiger partial charge in [0.25, 0.3) is 11.8 Å². The molecule has 0 saturated carbocycles. The Bertz CT molecular complexity index is 1560. The summed E-state index contributed by atoms with van der Waals surface area (Å²) in [5, 5.41) is 11.3. The van der Waals surface area contributed by atoms with E-state index < -0.39 is 0 Å². The van der Waals surface area contributed by atoms with Gasteiger partial charge < -0.3 is 15.1 Å². The van der Waals surface area contributed by atoms with E-state index in [9.17, 15) is 9.59 Å². The number of nitrogens with one attached hydrogen (secondary N) is 3. The minimum absolute atomic E-state index is 0.168. The van der Waals surface area contributed by atoms with Crippen molar-refractivity contribution in [2.75, 3.05) is 10.6 Å². The molecule has 5 aromatic rings. The van der Waals surface area contributed by atoms with Crippen LogP contribution in [0.5, 0.6) is 0 Å². The Morgan fingerprint density at radius 3 is 2.20 bits per heavy atom. The van der Waals surface area contributed by atoms with Crippen LogP contribution in [0.25, 0.3) is 21.7 Å². The molecule has 2 amide bonds. The van der Waals surface area contributed by atoms with Gasteiger partial charge in [-0.05, 0) is 71.5 Å². The fourth-order valence-electron chi connectivity index (χ4n) is 3.73. The molecule has 0 saturated heterocycles. The molecule has 0 radical (unpaired) electrons. The zero-order valence-corrected chi connectivity index (χ0v) is 20.6. The molecule has 0 bridgehead atoms. The summed E-state index contributed by atoms with van der Waals surface area (Å²) >= 11 is 8.84. The Hall–Kier alpha value is -4.01. The van der Waals surface area contributed by atoms with Gasteiger partial charge in [0, 0.05) is 26.8 Å². The van der Waals surface area contributed by atoms with Gasteiger partial charge in [0.15, 0.2) is 10.9 Å². The number of fused-ring (bicyclic) bond motifs is 2. The van der Waals surface area contributed by atoms with E-state index in [2.05, 4.69) is 31.9 Å². The van der Waals surface area contributed by atoms with Gasteiger partial charge >= 0.3 is 0 Å². The summed E-state index contributed by atoms with van der Waals surface area (Å²) in [6.45, 7) is 0. The highest BCUT2D eigenvalue weighted by atomic mass is 79.9. The number of para-hydroxylation sites is 1. The van der Waals surface area contributed by atoms with Crippen molar-refractivity contribution in [3.8, 4) is 0 Å². The van der Waals surface area contributed by atoms with Crippen LogP contribution in [0.3, 0.4) is 0 Å². The third-order valence-corrected chi connectivity index (χ3v) is 6.29. The van der Waals surface area contributed by atoms with Gasteiger partial charge in [-0.2, -0.15) is 0 Å². The maximum Gasteiger partial charge on any atom is 0.291 e. The van der Waals surface area contributed by atoms with E-state index in [1.807, 2.05) is 54.6 Å². The van der Waals surface area contributed by atoms with Gasteiger partial charge in [-0.3, -0.25) is 14.9 Å². The first-order valence-corrected chi connectivity index (χ1v) is 11.9. The first-order chi connectivity index (χ1) is 17.0. The average molecular weight is 544 g/mol. The van der Waals surface area contributed by atoms with E-state index in [0.717, 1.165) is 20.6 Å². The number of hydrogen-bond acceptors (Lipinski definition) is 4. The normalized spacial score (nSPS) is 10.8. The molecule has 0 aliphatic heterocycles. The number of halogens is 1. The molecule has 4 aromatic carbocycles. The molecule has 0 aliphatic carbocycles. The number of amides is 2. The summed E-state index contributed by atoms with van der Waals surface area (Å²) < 4.78 is 6.52. The summed E-state index contributed by atoms with van der Waals surface area (Å²) in [7, 11) is 0. The second kappa shape index (κ2) is 9.69. The highest BCUT2D eigenvalue weighted by Gasteiger charge is 2.14. The van der Waals surface area contributed by atoms with Crippen molar-refractivity contribution in [2.45, 2.75) is 0 Å². The first kappa shape index (κ1) is 22.8. The zero-order valence-electron chi connectivity index (χ0n) is 18.2. The van der Waals surface area contributed by atoms with Crippen LogP contribution in [0, 0.1) is 0 Å². The second-order valence-corrected chi connectivity index (χ2v) is 8.99. The maximum absolute atomic E-state index is 12.8. The lowest BCUT2D eigenvalue weighted by atomic mass is 10.0. The quantitative estimate of drug-likeness (QED) is 0.219. The largest absolute Gasteiger partial charge is 0.451 e. The van der Waals surface area contributed by atoms with Crippen LogP contribution in [0.15, 0.2) is 99.9 Å². The molecule has 5 rings (SSSR count). The summed E-state index contributed by atoms with van der Waals surface area (Å²) in [5.41, 5.74) is 2.44. The Morgan fingerprint density at radius 1 is 0.743 bits per heavy atom. The van der Waals surface area contributed by atoms with Crippen molar-refractivity contribution in [3.05, 3.63) is 107 Å². The maximum atomic E-state index is 12.8. The highest BCUT2D eigenvalue weighted by molar-refractivity contribution is 9.10. The van der Waals surface area contributed by atoms with E-state index in [-0.39, 0.29) is 22.7 Å². The van der Waals surface area contributed by atoms with Crippen molar-refractivity contribution in [1.29, 1.82) is 0 Å². The van der Waals surface area contributed by atoms with E-state index in [0.29, 0.717) is 22.5 Å². The van der Waals surface area contributed by atoms with E-state index >= 15 is 0 Å². The Balaban J connectivity index is 1.22. The fraction of sp³-hybridized carbons (Fsp3) is 0. The second-order valence-electron chi connectivity index (χ2n) is 7.73. The summed E-state index contributed by atoms with van der Waals surface area (Å²) in [6.07, 6.45) is 0. The Labute approximate surface area is 214 Å². The fourth-order valence-corrected chi connectivity index (χ4v) is 4.43. The molecule has 0 unspecified atom stereocenters. The molecule has 0 atom stereocenters. The third kappa shape index (κ3) is 4.94. The van der Waals surface area contributed by atoms with Gasteiger partial charge in [0.05, 0.1) is 0 Å². The number of anilines is 2. The number of carbonyl (C=O) groups is 2. The van der Waals surface area contributed by atoms with E-state index in [4.69, 9.17) is 16.6 Å². The predicted octanol–water partition coefficient (Wildman–Crippen LogP) is 6.73. The Kier molecular flexibility index (Phi) is 6.31. The molecule has 1 aromatic heterocycles. The SMILES string of the molecule is O=C(Nc1ccc(NC(=S)NC(=O)c2cccc3c(Br)cccc23)cc1)c1cc2ccccc2o1. The molecular formula is C27H18BrN3O3S. The molecule has 172 valence electrons. The Morgan fingerprint density at radius 2 is 1.43 bits per heavy atom. The standard InChI is InChI=1S/C27H18BrN3O3S/c28-22-9-4-6-19-20(22)7-3-8-21(19)25(32)31-27(35)30-18-13-11-17(12-14-18)29-26(33)24-15-16-5-1-2-10-23(16)34-24/h1-15H,(H,29,33)(H2,30,31,32,35). The number of rotatable bonds is 4. The molecule has 6 nitrogen and oxygen atoms in total. The monoisotopic (exact) mass is 543 g/mol. The first-order valence-electron chi connectivity index (χ1n) is 10.7. The van der Waals surface area contributed by atoms with Gasteiger partial charge in [0.2, 0.25) is 0 Å². The molecule has 35 heavy (non-hydrogen) atoms. The van der Waals surface area contributed by atoms with Gasteiger partial charge in [-0.25, -0.2) is 0 Å². The number of hydrogen-bond donors (Lipinski definition) is 3. The summed E-state index contributed by atoms with van der Waals surface area (Å²) in [4.78, 5) is 25.4. The topological polar surface area (TPSA) is 83.4 Å². The van der Waals surface area contributed by atoms with Crippen molar-refractivity contribution >= 4 is 78.2 Å². The van der Waals surface area contributed by atoms with Crippen molar-refractivity contribution in [2.24, 2.45) is 0 Å². The van der Waals surface area contributed by atoms with Crippen molar-refractivity contribution in [3.63, 3.8) is 0 Å². The van der Waals surface area contributed by atoms with Crippen molar-refractivity contribution < 1.29 is 14.0 Å². The minimum Gasteiger partial charge on any atom is -0.451 e. The van der Waals surface area contributed by atoms with Gasteiger partial charge in [0.1, 0.15) is 5.58 Å². The van der Waals surface area contributed by atoms with E-state index in [1.165, 1.54) is 0 Å². The molecule has 8 heteroatoms. The average Bonchev–Trinajstić information content (AvgIpc) is 3.30. The number of furan rings is 1. The molecule has 0 aliphatic rings. The number of benzene rings is 4. The van der Waals surface area contributed by atoms with Crippen LogP contribution >= 0.6 is 28.1 Å². The lowest BCUT2D eigenvalue weighted by molar-refractivity contribution is 0.0976. The van der Waals surface area contributed by atoms with Gasteiger partial charge in [-0.1, -0.05) is 58.4 Å². The smallest absolute Gasteiger partial charge is 0.291 e. The molecular weight excluding hydrogens is 526 g/mol. The number of carbonyl (C=O) groups excluding carboxylic acids is 2. The van der Waals surface area contributed by atoms with Crippen molar-refractivity contribution in [1.82, 2.24) is 5.32 Å². The van der Waals surface area contributed by atoms with Crippen LogP contribution < -0.4 is 16.0 Å². The lowest BCUT2D eigenvalue weighted by Crippen LogP contribution is -2.34. The van der Waals surface area contributed by atoms with Gasteiger partial charge in [-0.15, -0.1) is 0 Å². The lowest BCUT2D eigenvalue weighted by Gasteiger charge is -2.12. The highest BCUT2D eigenvalue weighted by Crippen LogP contribution is 2.26. The van der Waals surface area contributed by atoms with Crippen LogP contribution in [0.1, 0.15) is 20.9 Å². The van der Waals surface area contributed by atoms with Crippen LogP contribution in [-0.2, 0) is 0 Å². The van der Waals surface area contributed by atoms with Crippen LogP contribution in [-0.4, -0.2) is 16.9 Å². The molecule has 0 fully saturated rings. The summed E-state index contributed by atoms with van der Waals surface area (Å²) in [6, 6.07) is 27.4. The van der Waals surface area contributed by atoms with Crippen LogP contribution in [0.4, 0.5) is 11.4 Å². The van der Waals surface area contributed by atoms with Crippen LogP contribution in [0.2, 0.25) is 0 Å². The zero-order chi connectivity index (χ0) is 24.4. The molecule has 3 N–H and O–H groups in total. The summed E-state index contributed by atoms with van der Waals surface area (Å²) in [5.74, 6) is -0.412. The third-order valence-electron chi connectivity index (χ3n) is 5.39. The molecule has 0 spiro atoms. The number of thiocarbonyl (C=S) groups is 1. The van der Waals surface area contributed by atoms with E-state index in [1.54, 1.807) is 36.4 Å². The molecule has 1 heterocycles. The predicted molar refractivity (Wildman–Crippen MR) is 146 cm³/mol. The minimum atomic E-state index is -0.341.